The molecule has 1 heterocycles. The summed E-state index contributed by atoms with van der Waals surface area (Å²) in [4.78, 5) is 15.3. The quantitative estimate of drug-likeness (QED) is 0.903. The van der Waals surface area contributed by atoms with Crippen LogP contribution in [-0.2, 0) is 6.54 Å². The van der Waals surface area contributed by atoms with E-state index in [4.69, 9.17) is 0 Å². The van der Waals surface area contributed by atoms with E-state index in [0.29, 0.717) is 12.6 Å². The Morgan fingerprint density at radius 1 is 1.14 bits per heavy atom. The van der Waals surface area contributed by atoms with Gasteiger partial charge in [-0.2, -0.15) is 0 Å². The topological polar surface area (TPSA) is 44.9 Å². The van der Waals surface area contributed by atoms with Crippen LogP contribution in [0.5, 0.6) is 0 Å². The lowest BCUT2D eigenvalue weighted by Crippen LogP contribution is -2.28. The predicted octanol–water partition coefficient (Wildman–Crippen LogP) is 3.69. The third kappa shape index (κ3) is 3.30. The van der Waals surface area contributed by atoms with Gasteiger partial charge in [0.25, 0.3) is 5.56 Å². The van der Waals surface area contributed by atoms with Gasteiger partial charge < -0.3 is 10.3 Å². The first kappa shape index (κ1) is 15.0. The molecule has 1 saturated carbocycles. The molecule has 22 heavy (non-hydrogen) atoms. The molecule has 1 fully saturated rings. The molecule has 1 aliphatic carbocycles. The van der Waals surface area contributed by atoms with E-state index in [2.05, 4.69) is 42.3 Å². The highest BCUT2D eigenvalue weighted by Crippen LogP contribution is 2.22. The second-order valence-corrected chi connectivity index (χ2v) is 6.41. The molecule has 3 nitrogen and oxygen atoms in total. The van der Waals surface area contributed by atoms with E-state index in [0.717, 1.165) is 16.8 Å². The molecule has 3 heteroatoms. The number of H-pyrrole nitrogens is 1. The fraction of sp³-hybridized carbons (Fsp3) is 0.421. The minimum absolute atomic E-state index is 0.0166. The predicted molar refractivity (Wildman–Crippen MR) is 91.1 cm³/mol. The van der Waals surface area contributed by atoms with Gasteiger partial charge in [-0.1, -0.05) is 42.7 Å². The van der Waals surface area contributed by atoms with E-state index in [1.807, 2.05) is 12.1 Å². The van der Waals surface area contributed by atoms with E-state index < -0.39 is 0 Å². The Labute approximate surface area is 131 Å². The molecule has 0 spiro atoms. The molecule has 0 saturated heterocycles. The average Bonchev–Trinajstić information content (AvgIpc) is 2.99. The number of aryl methyl sites for hydroxylation is 2. The normalized spacial score (nSPS) is 15.4. The van der Waals surface area contributed by atoms with Crippen LogP contribution < -0.4 is 10.9 Å². The second-order valence-electron chi connectivity index (χ2n) is 6.41. The van der Waals surface area contributed by atoms with Crippen molar-refractivity contribution < 1.29 is 0 Å². The Morgan fingerprint density at radius 3 is 2.59 bits per heavy atom. The van der Waals surface area contributed by atoms with E-state index in [-0.39, 0.29) is 5.56 Å². The van der Waals surface area contributed by atoms with Crippen molar-refractivity contribution in [1.82, 2.24) is 10.3 Å². The largest absolute Gasteiger partial charge is 0.322 e. The Kier molecular flexibility index (Phi) is 4.44. The number of hydrogen-bond donors (Lipinski definition) is 2. The third-order valence-corrected chi connectivity index (χ3v) is 4.60. The van der Waals surface area contributed by atoms with Crippen molar-refractivity contribution >= 4 is 0 Å². The summed E-state index contributed by atoms with van der Waals surface area (Å²) in [6.45, 7) is 4.82. The van der Waals surface area contributed by atoms with Gasteiger partial charge in [-0.15, -0.1) is 0 Å². The lowest BCUT2D eigenvalue weighted by atomic mass is 10.0. The van der Waals surface area contributed by atoms with Gasteiger partial charge in [-0.05, 0) is 38.3 Å². The summed E-state index contributed by atoms with van der Waals surface area (Å²) in [5.74, 6) is 0. The maximum Gasteiger partial charge on any atom is 0.252 e. The first-order chi connectivity index (χ1) is 10.6. The zero-order valence-electron chi connectivity index (χ0n) is 13.4. The molecule has 0 atom stereocenters. The highest BCUT2D eigenvalue weighted by molar-refractivity contribution is 5.63. The Bertz CT molecular complexity index is 712. The molecule has 0 amide bonds. The maximum absolute atomic E-state index is 12.3. The molecule has 3 rings (SSSR count). The molecule has 0 radical (unpaired) electrons. The third-order valence-electron chi connectivity index (χ3n) is 4.60. The van der Waals surface area contributed by atoms with Gasteiger partial charge in [0.05, 0.1) is 0 Å². The van der Waals surface area contributed by atoms with Crippen molar-refractivity contribution in [1.29, 1.82) is 0 Å². The average molecular weight is 296 g/mol. The molecular formula is C19H24N2O. The van der Waals surface area contributed by atoms with E-state index in [1.165, 1.54) is 36.8 Å². The SMILES string of the molecule is Cc1ccc(-c2ccc(CNC3CCCC3)c(=O)[nH]2)c(C)c1. The highest BCUT2D eigenvalue weighted by Gasteiger charge is 2.14. The Balaban J connectivity index is 1.78. The van der Waals surface area contributed by atoms with Crippen molar-refractivity contribution in [3.05, 3.63) is 57.4 Å². The van der Waals surface area contributed by atoms with Crippen LogP contribution in [-0.4, -0.2) is 11.0 Å². The Hall–Kier alpha value is -1.87. The van der Waals surface area contributed by atoms with Crippen LogP contribution in [0.3, 0.4) is 0 Å². The van der Waals surface area contributed by atoms with Gasteiger partial charge in [-0.25, -0.2) is 0 Å². The summed E-state index contributed by atoms with van der Waals surface area (Å²) in [7, 11) is 0. The van der Waals surface area contributed by atoms with Gasteiger partial charge in [0, 0.05) is 29.4 Å². The van der Waals surface area contributed by atoms with Crippen molar-refractivity contribution in [3.8, 4) is 11.3 Å². The van der Waals surface area contributed by atoms with Crippen molar-refractivity contribution in [2.75, 3.05) is 0 Å². The van der Waals surface area contributed by atoms with E-state index in [9.17, 15) is 4.79 Å². The summed E-state index contributed by atoms with van der Waals surface area (Å²) in [6.07, 6.45) is 5.08. The number of rotatable bonds is 4. The molecule has 1 aromatic carbocycles. The summed E-state index contributed by atoms with van der Waals surface area (Å²) < 4.78 is 0. The van der Waals surface area contributed by atoms with Crippen molar-refractivity contribution in [3.63, 3.8) is 0 Å². The summed E-state index contributed by atoms with van der Waals surface area (Å²) >= 11 is 0. The molecule has 1 aromatic heterocycles. The van der Waals surface area contributed by atoms with Crippen LogP contribution in [0.1, 0.15) is 42.4 Å². The molecule has 1 aliphatic rings. The van der Waals surface area contributed by atoms with Crippen molar-refractivity contribution in [2.24, 2.45) is 0 Å². The van der Waals surface area contributed by atoms with Crippen molar-refractivity contribution in [2.45, 2.75) is 52.1 Å². The van der Waals surface area contributed by atoms with Crippen LogP contribution in [0.4, 0.5) is 0 Å². The fourth-order valence-corrected chi connectivity index (χ4v) is 3.30. The zero-order chi connectivity index (χ0) is 15.5. The van der Waals surface area contributed by atoms with Crippen LogP contribution in [0.15, 0.2) is 35.1 Å². The lowest BCUT2D eigenvalue weighted by Gasteiger charge is -2.12. The van der Waals surface area contributed by atoms with Gasteiger partial charge in [0.2, 0.25) is 0 Å². The van der Waals surface area contributed by atoms with Crippen LogP contribution >= 0.6 is 0 Å². The fourth-order valence-electron chi connectivity index (χ4n) is 3.30. The smallest absolute Gasteiger partial charge is 0.252 e. The second kappa shape index (κ2) is 6.49. The summed E-state index contributed by atoms with van der Waals surface area (Å²) in [5, 5.41) is 3.50. The van der Waals surface area contributed by atoms with Crippen LogP contribution in [0.2, 0.25) is 0 Å². The number of aromatic amines is 1. The van der Waals surface area contributed by atoms with E-state index >= 15 is 0 Å². The molecule has 2 N–H and O–H groups in total. The minimum atomic E-state index is 0.0166. The highest BCUT2D eigenvalue weighted by atomic mass is 16.1. The van der Waals surface area contributed by atoms with Gasteiger partial charge >= 0.3 is 0 Å². The monoisotopic (exact) mass is 296 g/mol. The summed E-state index contributed by atoms with van der Waals surface area (Å²) in [6, 6.07) is 10.9. The number of aromatic nitrogens is 1. The van der Waals surface area contributed by atoms with Gasteiger partial charge in [0.15, 0.2) is 0 Å². The zero-order valence-corrected chi connectivity index (χ0v) is 13.4. The van der Waals surface area contributed by atoms with Gasteiger partial charge in [0.1, 0.15) is 0 Å². The minimum Gasteiger partial charge on any atom is -0.322 e. The Morgan fingerprint density at radius 2 is 1.91 bits per heavy atom. The van der Waals surface area contributed by atoms with Gasteiger partial charge in [-0.3, -0.25) is 4.79 Å². The molecular weight excluding hydrogens is 272 g/mol. The first-order valence-corrected chi connectivity index (χ1v) is 8.17. The molecule has 116 valence electrons. The number of benzene rings is 1. The lowest BCUT2D eigenvalue weighted by molar-refractivity contribution is 0.522. The molecule has 2 aromatic rings. The van der Waals surface area contributed by atoms with Crippen LogP contribution in [0, 0.1) is 13.8 Å². The molecule has 0 aliphatic heterocycles. The molecule has 0 bridgehead atoms. The van der Waals surface area contributed by atoms with Crippen LogP contribution in [0.25, 0.3) is 11.3 Å². The summed E-state index contributed by atoms with van der Waals surface area (Å²) in [5.41, 5.74) is 5.25. The molecule has 0 unspecified atom stereocenters. The first-order valence-electron chi connectivity index (χ1n) is 8.17. The number of nitrogens with one attached hydrogen (secondary N) is 2. The maximum atomic E-state index is 12.3. The van der Waals surface area contributed by atoms with E-state index in [1.54, 1.807) is 0 Å². The number of hydrogen-bond acceptors (Lipinski definition) is 2. The number of pyridine rings is 1. The standard InChI is InChI=1S/C19H24N2O/c1-13-7-9-17(14(2)11-13)18-10-8-15(19(22)21-18)12-20-16-5-3-4-6-16/h7-11,16,20H,3-6,12H2,1-2H3,(H,21,22).